The van der Waals surface area contributed by atoms with Crippen LogP contribution in [-0.2, 0) is 16.0 Å². The Labute approximate surface area is 233 Å². The molecule has 13 heteroatoms. The summed E-state index contributed by atoms with van der Waals surface area (Å²) >= 11 is 0. The van der Waals surface area contributed by atoms with E-state index in [0.717, 1.165) is 59.2 Å². The number of alkyl halides is 3. The zero-order valence-corrected chi connectivity index (χ0v) is 22.1. The van der Waals surface area contributed by atoms with Crippen molar-refractivity contribution in [1.82, 2.24) is 25.5 Å². The second-order valence-electron chi connectivity index (χ2n) is 10.1. The zero-order valence-electron chi connectivity index (χ0n) is 22.1. The molecule has 218 valence electrons. The van der Waals surface area contributed by atoms with E-state index in [4.69, 9.17) is 21.4 Å². The third kappa shape index (κ3) is 7.63. The fourth-order valence-corrected chi connectivity index (χ4v) is 4.88. The Morgan fingerprint density at radius 1 is 1.10 bits per heavy atom. The summed E-state index contributed by atoms with van der Waals surface area (Å²) < 4.78 is 31.7. The van der Waals surface area contributed by atoms with E-state index in [1.165, 1.54) is 0 Å². The van der Waals surface area contributed by atoms with Crippen LogP contribution < -0.4 is 16.8 Å². The molecule has 0 radical (unpaired) electrons. The molecule has 4 aromatic rings. The van der Waals surface area contributed by atoms with Crippen molar-refractivity contribution in [2.24, 2.45) is 17.6 Å². The second-order valence-corrected chi connectivity index (χ2v) is 10.1. The minimum Gasteiger partial charge on any atom is -0.475 e. The molecule has 1 amide bonds. The number of aromatic nitrogens is 4. The molecular formula is C28H32F3N7O3. The Morgan fingerprint density at radius 3 is 2.41 bits per heavy atom. The van der Waals surface area contributed by atoms with E-state index in [-0.39, 0.29) is 17.9 Å². The number of halogens is 3. The van der Waals surface area contributed by atoms with Crippen molar-refractivity contribution in [3.8, 4) is 11.3 Å². The first kappa shape index (κ1) is 29.6. The van der Waals surface area contributed by atoms with E-state index in [0.29, 0.717) is 24.7 Å². The summed E-state index contributed by atoms with van der Waals surface area (Å²) in [5.41, 5.74) is 15.6. The van der Waals surface area contributed by atoms with Crippen molar-refractivity contribution in [2.75, 3.05) is 12.3 Å². The maximum Gasteiger partial charge on any atom is 0.490 e. The molecule has 2 aromatic heterocycles. The molecule has 0 bridgehead atoms. The van der Waals surface area contributed by atoms with Crippen molar-refractivity contribution in [3.63, 3.8) is 0 Å². The number of nitrogen functional groups attached to an aromatic ring is 1. The Morgan fingerprint density at radius 2 is 1.78 bits per heavy atom. The summed E-state index contributed by atoms with van der Waals surface area (Å²) in [6.07, 6.45) is 1.21. The number of rotatable bonds is 7. The van der Waals surface area contributed by atoms with Crippen LogP contribution in [0.15, 0.2) is 54.7 Å². The number of imidazole rings is 1. The van der Waals surface area contributed by atoms with Gasteiger partial charge in [-0.25, -0.2) is 9.78 Å². The molecule has 1 aliphatic carbocycles. The minimum absolute atomic E-state index is 0.0312. The molecule has 0 spiro atoms. The van der Waals surface area contributed by atoms with Crippen molar-refractivity contribution in [3.05, 3.63) is 66.1 Å². The molecular weight excluding hydrogens is 539 g/mol. The van der Waals surface area contributed by atoms with Crippen LogP contribution in [0.3, 0.4) is 0 Å². The van der Waals surface area contributed by atoms with E-state index >= 15 is 0 Å². The molecule has 1 fully saturated rings. The number of aliphatic carboxylic acids is 1. The molecule has 0 unspecified atom stereocenters. The van der Waals surface area contributed by atoms with Gasteiger partial charge in [0.25, 0.3) is 0 Å². The number of carboxylic acids is 1. The number of fused-ring (bicyclic) bond motifs is 1. The number of amides is 1. The summed E-state index contributed by atoms with van der Waals surface area (Å²) in [7, 11) is 0. The topological polar surface area (TPSA) is 176 Å². The van der Waals surface area contributed by atoms with Gasteiger partial charge < -0.3 is 26.9 Å². The van der Waals surface area contributed by atoms with Crippen molar-refractivity contribution < 1.29 is 27.9 Å². The highest BCUT2D eigenvalue weighted by Gasteiger charge is 2.38. The number of carboxylic acid groups (broad SMARTS) is 1. The van der Waals surface area contributed by atoms with Gasteiger partial charge in [0.1, 0.15) is 5.82 Å². The third-order valence-corrected chi connectivity index (χ3v) is 7.22. The molecule has 0 saturated heterocycles. The number of nitrogens with one attached hydrogen (secondary N) is 3. The monoisotopic (exact) mass is 571 g/mol. The van der Waals surface area contributed by atoms with Crippen LogP contribution in [-0.4, -0.2) is 49.9 Å². The highest BCUT2D eigenvalue weighted by Crippen LogP contribution is 2.30. The quantitative estimate of drug-likeness (QED) is 0.191. The fourth-order valence-electron chi connectivity index (χ4n) is 4.88. The number of carbonyl (C=O) groups excluding carboxylic acids is 1. The van der Waals surface area contributed by atoms with Gasteiger partial charge in [-0.15, -0.1) is 0 Å². The summed E-state index contributed by atoms with van der Waals surface area (Å²) in [6, 6.07) is 15.9. The van der Waals surface area contributed by atoms with Gasteiger partial charge in [-0.3, -0.25) is 9.89 Å². The van der Waals surface area contributed by atoms with Gasteiger partial charge >= 0.3 is 12.1 Å². The van der Waals surface area contributed by atoms with Gasteiger partial charge in [0.15, 0.2) is 5.82 Å². The number of anilines is 1. The number of hydrogen-bond acceptors (Lipinski definition) is 6. The Kier molecular flexibility index (Phi) is 9.28. The second kappa shape index (κ2) is 12.9. The molecule has 5 rings (SSSR count). The first-order chi connectivity index (χ1) is 19.5. The predicted molar refractivity (Wildman–Crippen MR) is 147 cm³/mol. The van der Waals surface area contributed by atoms with Gasteiger partial charge in [-0.2, -0.15) is 18.3 Å². The predicted octanol–water partition coefficient (Wildman–Crippen LogP) is 4.33. The van der Waals surface area contributed by atoms with Crippen molar-refractivity contribution >= 4 is 28.6 Å². The van der Waals surface area contributed by atoms with Gasteiger partial charge in [0.05, 0.1) is 23.4 Å². The average Bonchev–Trinajstić information content (AvgIpc) is 3.60. The van der Waals surface area contributed by atoms with Crippen LogP contribution in [0.2, 0.25) is 0 Å². The lowest BCUT2D eigenvalue weighted by Gasteiger charge is -2.28. The number of nitrogens with two attached hydrogens (primary N) is 2. The van der Waals surface area contributed by atoms with Crippen molar-refractivity contribution in [2.45, 2.75) is 44.3 Å². The molecule has 2 aromatic carbocycles. The van der Waals surface area contributed by atoms with Crippen LogP contribution in [0, 0.1) is 11.8 Å². The first-order valence-electron chi connectivity index (χ1n) is 13.2. The van der Waals surface area contributed by atoms with E-state index in [2.05, 4.69) is 37.6 Å². The van der Waals surface area contributed by atoms with Crippen LogP contribution in [0.5, 0.6) is 0 Å². The van der Waals surface area contributed by atoms with Gasteiger partial charge in [-0.1, -0.05) is 36.4 Å². The van der Waals surface area contributed by atoms with Gasteiger partial charge in [0, 0.05) is 16.9 Å². The lowest BCUT2D eigenvalue weighted by atomic mass is 9.81. The molecule has 2 heterocycles. The molecule has 1 atom stereocenters. The maximum absolute atomic E-state index is 13.2. The van der Waals surface area contributed by atoms with E-state index < -0.39 is 12.1 Å². The lowest BCUT2D eigenvalue weighted by Crippen LogP contribution is -2.37. The average molecular weight is 572 g/mol. The number of aromatic amines is 2. The van der Waals surface area contributed by atoms with Crippen LogP contribution >= 0.6 is 0 Å². The summed E-state index contributed by atoms with van der Waals surface area (Å²) in [5.74, 6) is -0.857. The minimum atomic E-state index is -5.08. The molecule has 0 aliphatic heterocycles. The van der Waals surface area contributed by atoms with E-state index in [1.807, 2.05) is 42.6 Å². The molecule has 1 saturated carbocycles. The van der Waals surface area contributed by atoms with Gasteiger partial charge in [-0.05, 0) is 62.3 Å². The van der Waals surface area contributed by atoms with E-state index in [1.54, 1.807) is 0 Å². The standard InChI is InChI=1S/C26H31N7O.C2HF3O2/c27-14-17-6-8-18(9-7-17)26(34)31-22(12-16-4-2-1-3-5-16)25-29-15-23(30-25)19-10-11-20-21(13-19)32-33-24(20)28;3-2(4,5)1(6)7/h1-5,10-11,13,15,17-18,22H,6-9,12,14,27H2,(H,29,30)(H,31,34)(H3,28,32,33);(H,6,7)/t17?,18?,22-;/m0./s1. The zero-order chi connectivity index (χ0) is 29.6. The van der Waals surface area contributed by atoms with Crippen LogP contribution in [0.4, 0.5) is 19.0 Å². The van der Waals surface area contributed by atoms with Crippen LogP contribution in [0.25, 0.3) is 22.2 Å². The fraction of sp³-hybridized carbons (Fsp3) is 0.357. The molecule has 41 heavy (non-hydrogen) atoms. The first-order valence-corrected chi connectivity index (χ1v) is 13.2. The smallest absolute Gasteiger partial charge is 0.475 e. The normalized spacial score (nSPS) is 17.9. The molecule has 10 nitrogen and oxygen atoms in total. The molecule has 1 aliphatic rings. The van der Waals surface area contributed by atoms with Gasteiger partial charge in [0.2, 0.25) is 5.91 Å². The third-order valence-electron chi connectivity index (χ3n) is 7.22. The van der Waals surface area contributed by atoms with E-state index in [9.17, 15) is 18.0 Å². The number of hydrogen-bond donors (Lipinski definition) is 6. The number of benzene rings is 2. The highest BCUT2D eigenvalue weighted by molar-refractivity contribution is 5.91. The Balaban J connectivity index is 0.000000493. The van der Waals surface area contributed by atoms with Crippen molar-refractivity contribution in [1.29, 1.82) is 0 Å². The summed E-state index contributed by atoms with van der Waals surface area (Å²) in [5, 5.41) is 18.3. The lowest BCUT2D eigenvalue weighted by molar-refractivity contribution is -0.192. The number of H-pyrrole nitrogens is 2. The number of carbonyl (C=O) groups is 2. The van der Waals surface area contributed by atoms with Crippen LogP contribution in [0.1, 0.15) is 43.1 Å². The highest BCUT2D eigenvalue weighted by atomic mass is 19.4. The largest absolute Gasteiger partial charge is 0.490 e. The summed E-state index contributed by atoms with van der Waals surface area (Å²) in [4.78, 5) is 30.2. The summed E-state index contributed by atoms with van der Waals surface area (Å²) in [6.45, 7) is 0.705. The number of nitrogens with zero attached hydrogens (tertiary/aromatic N) is 2. The molecule has 8 N–H and O–H groups in total. The maximum atomic E-state index is 13.2. The Bertz CT molecular complexity index is 1460. The Hall–Kier alpha value is -4.39. The SMILES string of the molecule is NCC1CCC(C(=O)N[C@@H](Cc2ccccc2)c2ncc(-c3ccc4c(N)n[nH]c4c3)[nH]2)CC1.O=C(O)C(F)(F)F.